The molecule has 0 spiro atoms. The molecule has 1 aromatic rings. The van der Waals surface area contributed by atoms with Gasteiger partial charge in [-0.2, -0.15) is 13.2 Å². The molecule has 1 aromatic carbocycles. The summed E-state index contributed by atoms with van der Waals surface area (Å²) in [5, 5.41) is 2.59. The zero-order chi connectivity index (χ0) is 10.8. The third-order valence-electron chi connectivity index (χ3n) is 1.66. The van der Waals surface area contributed by atoms with E-state index >= 15 is 0 Å². The van der Waals surface area contributed by atoms with E-state index in [1.54, 1.807) is 0 Å². The van der Waals surface area contributed by atoms with E-state index in [9.17, 15) is 13.2 Å². The summed E-state index contributed by atoms with van der Waals surface area (Å²) >= 11 is 5.49. The summed E-state index contributed by atoms with van der Waals surface area (Å²) in [6.07, 6.45) is -4.39. The van der Waals surface area contributed by atoms with E-state index in [0.29, 0.717) is 12.2 Å². The molecule has 0 atom stereocenters. The van der Waals surface area contributed by atoms with Gasteiger partial charge >= 0.3 is 6.18 Å². The van der Waals surface area contributed by atoms with Gasteiger partial charge in [-0.05, 0) is 25.1 Å². The number of nitrogens with one attached hydrogen (secondary N) is 1. The summed E-state index contributed by atoms with van der Waals surface area (Å²) < 4.78 is 36.8. The van der Waals surface area contributed by atoms with Crippen LogP contribution in [-0.4, -0.2) is 6.54 Å². The van der Waals surface area contributed by atoms with Crippen molar-refractivity contribution in [3.05, 3.63) is 28.8 Å². The van der Waals surface area contributed by atoms with E-state index in [2.05, 4.69) is 5.32 Å². The lowest BCUT2D eigenvalue weighted by Crippen LogP contribution is -2.06. The van der Waals surface area contributed by atoms with Gasteiger partial charge in [0, 0.05) is 12.2 Å². The average molecular weight is 224 g/mol. The lowest BCUT2D eigenvalue weighted by atomic mass is 10.2. The summed E-state index contributed by atoms with van der Waals surface area (Å²) in [7, 11) is 0. The van der Waals surface area contributed by atoms with Gasteiger partial charge < -0.3 is 5.32 Å². The highest BCUT2D eigenvalue weighted by Crippen LogP contribution is 2.35. The van der Waals surface area contributed by atoms with Gasteiger partial charge in [0.15, 0.2) is 0 Å². The Morgan fingerprint density at radius 2 is 2.00 bits per heavy atom. The number of hydrogen-bond donors (Lipinski definition) is 1. The fourth-order valence-electron chi connectivity index (χ4n) is 1.06. The minimum absolute atomic E-state index is 0.282. The normalized spacial score (nSPS) is 11.5. The van der Waals surface area contributed by atoms with Crippen molar-refractivity contribution in [2.45, 2.75) is 13.1 Å². The predicted octanol–water partition coefficient (Wildman–Crippen LogP) is 3.79. The molecular formula is C9H9ClF3N. The second kappa shape index (κ2) is 4.09. The highest BCUT2D eigenvalue weighted by Gasteiger charge is 2.32. The first-order valence-electron chi connectivity index (χ1n) is 4.05. The monoisotopic (exact) mass is 223 g/mol. The number of anilines is 1. The minimum atomic E-state index is -4.39. The molecule has 0 amide bonds. The van der Waals surface area contributed by atoms with Crippen molar-refractivity contribution in [2.24, 2.45) is 0 Å². The van der Waals surface area contributed by atoms with Gasteiger partial charge in [0.25, 0.3) is 0 Å². The first-order valence-corrected chi connectivity index (χ1v) is 4.43. The summed E-state index contributed by atoms with van der Waals surface area (Å²) in [4.78, 5) is 0. The van der Waals surface area contributed by atoms with Gasteiger partial charge in [0.05, 0.1) is 10.6 Å². The molecule has 5 heteroatoms. The summed E-state index contributed by atoms with van der Waals surface area (Å²) in [6, 6.07) is 3.60. The zero-order valence-electron chi connectivity index (χ0n) is 7.45. The molecule has 0 saturated carbocycles. The molecule has 0 aliphatic rings. The molecule has 0 saturated heterocycles. The van der Waals surface area contributed by atoms with Crippen LogP contribution >= 0.6 is 11.6 Å². The highest BCUT2D eigenvalue weighted by atomic mass is 35.5. The van der Waals surface area contributed by atoms with Crippen molar-refractivity contribution in [3.63, 3.8) is 0 Å². The van der Waals surface area contributed by atoms with Gasteiger partial charge in [0.1, 0.15) is 0 Å². The molecule has 1 nitrogen and oxygen atoms in total. The molecule has 1 rings (SSSR count). The fourth-order valence-corrected chi connectivity index (χ4v) is 1.35. The second-order valence-electron chi connectivity index (χ2n) is 2.72. The molecule has 1 N–H and O–H groups in total. The van der Waals surface area contributed by atoms with Gasteiger partial charge in [-0.3, -0.25) is 0 Å². The maximum Gasteiger partial charge on any atom is 0.417 e. The standard InChI is InChI=1S/C9H9ClF3N/c1-2-14-6-3-4-7(8(10)5-6)9(11,12)13/h3-5,14H,2H2,1H3. The van der Waals surface area contributed by atoms with Crippen LogP contribution < -0.4 is 5.32 Å². The molecule has 0 bridgehead atoms. The number of hydrogen-bond acceptors (Lipinski definition) is 1. The summed E-state index contributed by atoms with van der Waals surface area (Å²) in [6.45, 7) is 2.49. The Balaban J connectivity index is 3.02. The Bertz CT molecular complexity index is 322. The van der Waals surface area contributed by atoms with Crippen LogP contribution in [0.15, 0.2) is 18.2 Å². The van der Waals surface area contributed by atoms with Crippen LogP contribution in [0.3, 0.4) is 0 Å². The van der Waals surface area contributed by atoms with E-state index in [1.807, 2.05) is 6.92 Å². The Hall–Kier alpha value is -0.900. The van der Waals surface area contributed by atoms with Crippen molar-refractivity contribution >= 4 is 17.3 Å². The fraction of sp³-hybridized carbons (Fsp3) is 0.333. The van der Waals surface area contributed by atoms with Crippen LogP contribution in [0, 0.1) is 0 Å². The topological polar surface area (TPSA) is 12.0 Å². The summed E-state index contributed by atoms with van der Waals surface area (Å²) in [5.41, 5.74) is -0.216. The molecule has 0 radical (unpaired) electrons. The minimum Gasteiger partial charge on any atom is -0.385 e. The van der Waals surface area contributed by atoms with Crippen molar-refractivity contribution in [1.29, 1.82) is 0 Å². The SMILES string of the molecule is CCNc1ccc(C(F)(F)F)c(Cl)c1. The van der Waals surface area contributed by atoms with E-state index < -0.39 is 11.7 Å². The van der Waals surface area contributed by atoms with Crippen LogP contribution in [0.25, 0.3) is 0 Å². The molecule has 0 aliphatic carbocycles. The molecule has 0 heterocycles. The lowest BCUT2D eigenvalue weighted by Gasteiger charge is -2.10. The van der Waals surface area contributed by atoms with Gasteiger partial charge in [0.2, 0.25) is 0 Å². The zero-order valence-corrected chi connectivity index (χ0v) is 8.21. The van der Waals surface area contributed by atoms with E-state index in [0.717, 1.165) is 6.07 Å². The molecule has 0 aliphatic heterocycles. The lowest BCUT2D eigenvalue weighted by molar-refractivity contribution is -0.137. The third kappa shape index (κ3) is 2.54. The van der Waals surface area contributed by atoms with Gasteiger partial charge in [-0.15, -0.1) is 0 Å². The predicted molar refractivity (Wildman–Crippen MR) is 50.6 cm³/mol. The summed E-state index contributed by atoms with van der Waals surface area (Å²) in [5.74, 6) is 0. The van der Waals surface area contributed by atoms with Gasteiger partial charge in [-0.1, -0.05) is 11.6 Å². The van der Waals surface area contributed by atoms with Crippen LogP contribution in [0.4, 0.5) is 18.9 Å². The van der Waals surface area contributed by atoms with Crippen molar-refractivity contribution in [3.8, 4) is 0 Å². The first-order chi connectivity index (χ1) is 6.45. The second-order valence-corrected chi connectivity index (χ2v) is 3.13. The average Bonchev–Trinajstić information content (AvgIpc) is 2.02. The number of halogens is 4. The van der Waals surface area contributed by atoms with Crippen LogP contribution in [0.1, 0.15) is 12.5 Å². The Labute approximate surface area is 84.9 Å². The smallest absolute Gasteiger partial charge is 0.385 e. The van der Waals surface area contributed by atoms with E-state index in [4.69, 9.17) is 11.6 Å². The number of benzene rings is 1. The van der Waals surface area contributed by atoms with Crippen LogP contribution in [0.2, 0.25) is 5.02 Å². The Morgan fingerprint density at radius 1 is 1.36 bits per heavy atom. The molecule has 0 unspecified atom stereocenters. The van der Waals surface area contributed by atoms with Crippen LogP contribution in [0.5, 0.6) is 0 Å². The maximum atomic E-state index is 12.3. The number of rotatable bonds is 2. The van der Waals surface area contributed by atoms with Crippen LogP contribution in [-0.2, 0) is 6.18 Å². The molecular weight excluding hydrogens is 215 g/mol. The van der Waals surface area contributed by atoms with Gasteiger partial charge in [-0.25, -0.2) is 0 Å². The molecule has 14 heavy (non-hydrogen) atoms. The maximum absolute atomic E-state index is 12.3. The highest BCUT2D eigenvalue weighted by molar-refractivity contribution is 6.31. The van der Waals surface area contributed by atoms with Crippen molar-refractivity contribution in [2.75, 3.05) is 11.9 Å². The Morgan fingerprint density at radius 3 is 2.43 bits per heavy atom. The molecule has 78 valence electrons. The molecule has 0 aromatic heterocycles. The molecule has 0 fully saturated rings. The third-order valence-corrected chi connectivity index (χ3v) is 1.97. The van der Waals surface area contributed by atoms with Crippen molar-refractivity contribution in [1.82, 2.24) is 0 Å². The van der Waals surface area contributed by atoms with Crippen molar-refractivity contribution < 1.29 is 13.2 Å². The first kappa shape index (κ1) is 11.2. The quantitative estimate of drug-likeness (QED) is 0.804. The van der Waals surface area contributed by atoms with E-state index in [-0.39, 0.29) is 5.02 Å². The van der Waals surface area contributed by atoms with E-state index in [1.165, 1.54) is 12.1 Å². The Kier molecular flexibility index (Phi) is 3.26. The number of alkyl halides is 3. The largest absolute Gasteiger partial charge is 0.417 e.